The fourth-order valence-electron chi connectivity index (χ4n) is 1.90. The molecule has 2 rings (SSSR count). The molecule has 8 heteroatoms. The molecular formula is C11H18N2O5S. The number of nitrogens with zero attached hydrogens (tertiary/aromatic N) is 1. The zero-order chi connectivity index (χ0) is 14.0. The molecule has 0 bridgehead atoms. The Morgan fingerprint density at radius 2 is 1.95 bits per heavy atom. The van der Waals surface area contributed by atoms with Gasteiger partial charge in [0, 0.05) is 13.1 Å². The van der Waals surface area contributed by atoms with Crippen LogP contribution in [0.2, 0.25) is 0 Å². The van der Waals surface area contributed by atoms with Crippen LogP contribution in [0.25, 0.3) is 0 Å². The number of ether oxygens (including phenoxy) is 1. The predicted molar refractivity (Wildman–Crippen MR) is 66.6 cm³/mol. The van der Waals surface area contributed by atoms with Gasteiger partial charge in [-0.25, -0.2) is 8.42 Å². The molecule has 0 aromatic carbocycles. The summed E-state index contributed by atoms with van der Waals surface area (Å²) in [5.41, 5.74) is 0. The molecule has 1 N–H and O–H groups in total. The Morgan fingerprint density at radius 3 is 2.47 bits per heavy atom. The van der Waals surface area contributed by atoms with Gasteiger partial charge in [-0.05, 0) is 19.8 Å². The van der Waals surface area contributed by atoms with Crippen LogP contribution in [-0.2, 0) is 24.3 Å². The molecule has 2 fully saturated rings. The largest absolute Gasteiger partial charge is 0.465 e. The number of hydrogen-bond donors (Lipinski definition) is 1. The highest BCUT2D eigenvalue weighted by molar-refractivity contribution is 7.90. The minimum Gasteiger partial charge on any atom is -0.465 e. The van der Waals surface area contributed by atoms with Gasteiger partial charge in [0.25, 0.3) is 0 Å². The summed E-state index contributed by atoms with van der Waals surface area (Å²) in [6.07, 6.45) is 1.44. The van der Waals surface area contributed by atoms with Crippen molar-refractivity contribution in [3.05, 3.63) is 0 Å². The summed E-state index contributed by atoms with van der Waals surface area (Å²) in [4.78, 5) is 22.7. The molecule has 0 aromatic heterocycles. The molecule has 19 heavy (non-hydrogen) atoms. The summed E-state index contributed by atoms with van der Waals surface area (Å²) < 4.78 is 29.7. The highest BCUT2D eigenvalue weighted by atomic mass is 32.2. The molecule has 7 nitrogen and oxygen atoms in total. The first-order chi connectivity index (χ1) is 8.95. The van der Waals surface area contributed by atoms with E-state index in [0.717, 1.165) is 12.8 Å². The Balaban J connectivity index is 1.71. The zero-order valence-corrected chi connectivity index (χ0v) is 11.6. The van der Waals surface area contributed by atoms with E-state index in [1.54, 1.807) is 6.92 Å². The van der Waals surface area contributed by atoms with E-state index in [1.165, 1.54) is 4.31 Å². The topological polar surface area (TPSA) is 92.8 Å². The van der Waals surface area contributed by atoms with Crippen LogP contribution in [0.1, 0.15) is 19.8 Å². The molecule has 2 aliphatic rings. The highest BCUT2D eigenvalue weighted by Crippen LogP contribution is 2.34. The predicted octanol–water partition coefficient (Wildman–Crippen LogP) is -0.910. The third-order valence-corrected chi connectivity index (χ3v) is 5.57. The van der Waals surface area contributed by atoms with Crippen molar-refractivity contribution in [3.63, 3.8) is 0 Å². The number of nitrogens with one attached hydrogen (secondary N) is 1. The number of sulfonamides is 1. The zero-order valence-electron chi connectivity index (χ0n) is 10.8. The first kappa shape index (κ1) is 14.3. The van der Waals surface area contributed by atoms with Crippen LogP contribution in [0.15, 0.2) is 0 Å². The van der Waals surface area contributed by atoms with Crippen molar-refractivity contribution in [3.8, 4) is 0 Å². The third-order valence-electron chi connectivity index (χ3n) is 3.24. The fourth-order valence-corrected chi connectivity index (χ4v) is 3.83. The van der Waals surface area contributed by atoms with Gasteiger partial charge in [0.15, 0.2) is 0 Å². The molecule has 108 valence electrons. The quantitative estimate of drug-likeness (QED) is 0.639. The molecule has 0 radical (unpaired) electrons. The standard InChI is InChI=1S/C11H18N2O5S/c1-2-18-10(14)5-12-11(15)8-6-13(7-8)19(16,17)9-3-4-9/h8-9H,2-7H2,1H3,(H,12,15). The van der Waals surface area contributed by atoms with Crippen molar-refractivity contribution in [2.45, 2.75) is 25.0 Å². The Morgan fingerprint density at radius 1 is 1.32 bits per heavy atom. The number of carbonyl (C=O) groups excluding carboxylic acids is 2. The van der Waals surface area contributed by atoms with Crippen LogP contribution >= 0.6 is 0 Å². The molecule has 1 heterocycles. The second kappa shape index (κ2) is 5.46. The SMILES string of the molecule is CCOC(=O)CNC(=O)C1CN(S(=O)(=O)C2CC2)C1. The molecule has 1 amide bonds. The summed E-state index contributed by atoms with van der Waals surface area (Å²) in [6.45, 7) is 2.22. The number of hydrogen-bond acceptors (Lipinski definition) is 5. The Kier molecular flexibility index (Phi) is 4.10. The van der Waals surface area contributed by atoms with Gasteiger partial charge < -0.3 is 10.1 Å². The van der Waals surface area contributed by atoms with Crippen molar-refractivity contribution in [2.75, 3.05) is 26.2 Å². The van der Waals surface area contributed by atoms with Gasteiger partial charge in [0.2, 0.25) is 15.9 Å². The second-order valence-corrected chi connectivity index (χ2v) is 6.99. The van der Waals surface area contributed by atoms with Crippen LogP contribution in [-0.4, -0.2) is 56.1 Å². The fraction of sp³-hybridized carbons (Fsp3) is 0.818. The minimum atomic E-state index is -3.17. The van der Waals surface area contributed by atoms with Crippen LogP contribution in [0.5, 0.6) is 0 Å². The van der Waals surface area contributed by atoms with E-state index >= 15 is 0 Å². The van der Waals surface area contributed by atoms with Crippen LogP contribution in [0.4, 0.5) is 0 Å². The smallest absolute Gasteiger partial charge is 0.325 e. The van der Waals surface area contributed by atoms with E-state index < -0.39 is 16.0 Å². The maximum absolute atomic E-state index is 11.8. The summed E-state index contributed by atoms with van der Waals surface area (Å²) in [5, 5.41) is 2.21. The van der Waals surface area contributed by atoms with Crippen LogP contribution < -0.4 is 5.32 Å². The summed E-state index contributed by atoms with van der Waals surface area (Å²) in [7, 11) is -3.17. The lowest BCUT2D eigenvalue weighted by Crippen LogP contribution is -2.56. The average Bonchev–Trinajstić information content (AvgIpc) is 3.08. The van der Waals surface area contributed by atoms with E-state index in [9.17, 15) is 18.0 Å². The number of amides is 1. The van der Waals surface area contributed by atoms with Crippen molar-refractivity contribution in [2.24, 2.45) is 5.92 Å². The molecule has 0 atom stereocenters. The van der Waals surface area contributed by atoms with Gasteiger partial charge in [-0.2, -0.15) is 4.31 Å². The molecule has 0 aromatic rings. The lowest BCUT2D eigenvalue weighted by Gasteiger charge is -2.37. The van der Waals surface area contributed by atoms with Gasteiger partial charge in [-0.1, -0.05) is 0 Å². The van der Waals surface area contributed by atoms with Crippen LogP contribution in [0.3, 0.4) is 0 Å². The molecule has 0 unspecified atom stereocenters. The van der Waals surface area contributed by atoms with Crippen molar-refractivity contribution in [1.82, 2.24) is 9.62 Å². The highest BCUT2D eigenvalue weighted by Gasteiger charge is 2.46. The first-order valence-corrected chi connectivity index (χ1v) is 7.87. The van der Waals surface area contributed by atoms with E-state index in [4.69, 9.17) is 0 Å². The van der Waals surface area contributed by atoms with Crippen molar-refractivity contribution >= 4 is 21.9 Å². The molecule has 1 saturated carbocycles. The lowest BCUT2D eigenvalue weighted by molar-refractivity contribution is -0.144. The Bertz CT molecular complexity index is 465. The molecule has 1 aliphatic heterocycles. The maximum atomic E-state index is 11.8. The summed E-state index contributed by atoms with van der Waals surface area (Å²) in [6, 6.07) is 0. The Labute approximate surface area is 112 Å². The number of esters is 1. The van der Waals surface area contributed by atoms with Gasteiger partial charge >= 0.3 is 5.97 Å². The summed E-state index contributed by atoms with van der Waals surface area (Å²) >= 11 is 0. The van der Waals surface area contributed by atoms with Gasteiger partial charge in [-0.3, -0.25) is 9.59 Å². The normalized spacial score (nSPS) is 20.7. The first-order valence-electron chi connectivity index (χ1n) is 6.37. The lowest BCUT2D eigenvalue weighted by atomic mass is 10.0. The van der Waals surface area contributed by atoms with E-state index in [0.29, 0.717) is 0 Å². The maximum Gasteiger partial charge on any atom is 0.325 e. The monoisotopic (exact) mass is 290 g/mol. The number of carbonyl (C=O) groups is 2. The second-order valence-electron chi connectivity index (χ2n) is 4.78. The summed E-state index contributed by atoms with van der Waals surface area (Å²) in [5.74, 6) is -1.14. The van der Waals surface area contributed by atoms with Crippen LogP contribution in [0, 0.1) is 5.92 Å². The average molecular weight is 290 g/mol. The van der Waals surface area contributed by atoms with Crippen molar-refractivity contribution < 1.29 is 22.7 Å². The molecule has 0 spiro atoms. The molecule has 1 aliphatic carbocycles. The van der Waals surface area contributed by atoms with E-state index in [1.807, 2.05) is 0 Å². The Hall–Kier alpha value is -1.15. The molecule has 1 saturated heterocycles. The van der Waals surface area contributed by atoms with E-state index in [-0.39, 0.29) is 43.3 Å². The minimum absolute atomic E-state index is 0.168. The van der Waals surface area contributed by atoms with Gasteiger partial charge in [-0.15, -0.1) is 0 Å². The van der Waals surface area contributed by atoms with E-state index in [2.05, 4.69) is 10.1 Å². The van der Waals surface area contributed by atoms with Gasteiger partial charge in [0.1, 0.15) is 6.54 Å². The van der Waals surface area contributed by atoms with Crippen molar-refractivity contribution in [1.29, 1.82) is 0 Å². The number of rotatable bonds is 6. The molecular weight excluding hydrogens is 272 g/mol. The van der Waals surface area contributed by atoms with Gasteiger partial charge in [0.05, 0.1) is 17.8 Å². The third kappa shape index (κ3) is 3.24.